The second-order valence-electron chi connectivity index (χ2n) is 5.71. The van der Waals surface area contributed by atoms with E-state index >= 15 is 0 Å². The van der Waals surface area contributed by atoms with Crippen molar-refractivity contribution < 1.29 is 39.8 Å². The van der Waals surface area contributed by atoms with Gasteiger partial charge in [0.2, 0.25) is 0 Å². The van der Waals surface area contributed by atoms with Gasteiger partial charge in [0.15, 0.2) is 0 Å². The number of rotatable bonds is 2. The number of nitrogens with one attached hydrogen (secondary N) is 1. The van der Waals surface area contributed by atoms with Crippen molar-refractivity contribution in [1.29, 1.82) is 0 Å². The van der Waals surface area contributed by atoms with Gasteiger partial charge in [0.05, 0.1) is 13.6 Å². The summed E-state index contributed by atoms with van der Waals surface area (Å²) in [6.07, 6.45) is 2.06. The van der Waals surface area contributed by atoms with Gasteiger partial charge in [-0.3, -0.25) is 0 Å². The highest BCUT2D eigenvalue weighted by Crippen LogP contribution is 2.24. The van der Waals surface area contributed by atoms with Gasteiger partial charge >= 0.3 is 0 Å². The quantitative estimate of drug-likeness (QED) is 0.548. The minimum absolute atomic E-state index is 0. The molecule has 0 aliphatic carbocycles. The highest BCUT2D eigenvalue weighted by molar-refractivity contribution is 5.41. The van der Waals surface area contributed by atoms with Crippen LogP contribution in [0.25, 0.3) is 0 Å². The first kappa shape index (κ1) is 18.9. The van der Waals surface area contributed by atoms with Crippen LogP contribution in [0, 0.1) is 5.82 Å². The van der Waals surface area contributed by atoms with E-state index in [0.29, 0.717) is 6.04 Å². The summed E-state index contributed by atoms with van der Waals surface area (Å²) < 4.78 is 13.2. The molecule has 1 heterocycles. The van der Waals surface area contributed by atoms with E-state index in [1.54, 1.807) is 0 Å². The maximum absolute atomic E-state index is 13.2. The maximum atomic E-state index is 13.2. The second-order valence-corrected chi connectivity index (χ2v) is 5.71. The first-order valence-electron chi connectivity index (χ1n) is 7.15. The van der Waals surface area contributed by atoms with Crippen molar-refractivity contribution in [3.05, 3.63) is 65.0 Å². The summed E-state index contributed by atoms with van der Waals surface area (Å²) in [6.45, 7) is 1.15. The summed E-state index contributed by atoms with van der Waals surface area (Å²) in [5, 5.41) is 0. The number of fused-ring (bicyclic) bond motifs is 1. The van der Waals surface area contributed by atoms with Gasteiger partial charge in [-0.05, 0) is 17.7 Å². The van der Waals surface area contributed by atoms with Crippen LogP contribution in [0.15, 0.2) is 42.5 Å². The number of hydrogen-bond acceptors (Lipinski definition) is 0. The first-order chi connectivity index (χ1) is 9.65. The predicted molar refractivity (Wildman–Crippen MR) is 77.3 cm³/mol. The maximum Gasteiger partial charge on any atom is 0.134 e. The van der Waals surface area contributed by atoms with Crippen molar-refractivity contribution in [2.24, 2.45) is 0 Å². The monoisotopic (exact) mass is 342 g/mol. The molecular formula is C17H21Cl2FN2. The molecule has 3 rings (SSSR count). The molecule has 1 aliphatic rings. The third kappa shape index (κ3) is 3.79. The fourth-order valence-electron chi connectivity index (χ4n) is 3.17. The molecule has 0 saturated heterocycles. The molecule has 0 amide bonds. The summed E-state index contributed by atoms with van der Waals surface area (Å²) in [5.74, 6) is -0.205. The van der Waals surface area contributed by atoms with E-state index in [-0.39, 0.29) is 30.6 Å². The van der Waals surface area contributed by atoms with Gasteiger partial charge < -0.3 is 35.4 Å². The van der Waals surface area contributed by atoms with Crippen molar-refractivity contribution in [3.63, 3.8) is 0 Å². The molecule has 0 bridgehead atoms. The highest BCUT2D eigenvalue weighted by Gasteiger charge is 2.28. The largest absolute Gasteiger partial charge is 1.00 e. The molecule has 0 saturated carbocycles. The lowest BCUT2D eigenvalue weighted by molar-refractivity contribution is -0.914. The van der Waals surface area contributed by atoms with Crippen LogP contribution in [-0.4, -0.2) is 13.6 Å². The van der Waals surface area contributed by atoms with E-state index < -0.39 is 0 Å². The lowest BCUT2D eigenvalue weighted by Crippen LogP contribution is -3.10. The summed E-state index contributed by atoms with van der Waals surface area (Å²) in [6, 6.07) is 14.1. The molecule has 22 heavy (non-hydrogen) atoms. The minimum Gasteiger partial charge on any atom is -1.00 e. The molecule has 2 aromatic rings. The van der Waals surface area contributed by atoms with E-state index in [4.69, 9.17) is 0 Å². The number of quaternary nitrogens is 2. The molecule has 2 unspecified atom stereocenters. The molecule has 2 nitrogen and oxygen atoms in total. The average Bonchev–Trinajstić information content (AvgIpc) is 2.44. The summed E-state index contributed by atoms with van der Waals surface area (Å²) in [5.41, 5.74) is 8.82. The second kappa shape index (κ2) is 7.93. The van der Waals surface area contributed by atoms with E-state index in [2.05, 4.69) is 37.0 Å². The Morgan fingerprint density at radius 2 is 1.91 bits per heavy atom. The zero-order valence-electron chi connectivity index (χ0n) is 12.6. The number of likely N-dealkylation sites (N-methyl/N-ethyl adjacent to an activating group) is 1. The van der Waals surface area contributed by atoms with Crippen LogP contribution in [-0.2, 0) is 12.8 Å². The number of benzene rings is 2. The Morgan fingerprint density at radius 1 is 1.18 bits per heavy atom. The normalized spacial score (nSPS) is 19.6. The van der Waals surface area contributed by atoms with Gasteiger partial charge in [-0.15, -0.1) is 0 Å². The first-order valence-corrected chi connectivity index (χ1v) is 7.15. The van der Waals surface area contributed by atoms with Crippen LogP contribution in [0.2, 0.25) is 0 Å². The van der Waals surface area contributed by atoms with E-state index in [1.165, 1.54) is 28.2 Å². The van der Waals surface area contributed by atoms with Crippen molar-refractivity contribution in [1.82, 2.24) is 0 Å². The topological polar surface area (TPSA) is 32.1 Å². The van der Waals surface area contributed by atoms with Gasteiger partial charge in [0, 0.05) is 30.0 Å². The Morgan fingerprint density at radius 3 is 2.64 bits per heavy atom. The summed E-state index contributed by atoms with van der Waals surface area (Å²) in [4.78, 5) is 1.52. The van der Waals surface area contributed by atoms with Gasteiger partial charge in [-0.1, -0.05) is 24.3 Å². The molecule has 0 fully saturated rings. The molecular weight excluding hydrogens is 322 g/mol. The molecule has 5 heteroatoms. The lowest BCUT2D eigenvalue weighted by Gasteiger charge is -2.31. The fraction of sp³-hybridized carbons (Fsp3) is 0.294. The van der Waals surface area contributed by atoms with Gasteiger partial charge in [0.25, 0.3) is 0 Å². The third-order valence-electron chi connectivity index (χ3n) is 4.41. The zero-order chi connectivity index (χ0) is 14.1. The van der Waals surface area contributed by atoms with E-state index in [0.717, 1.165) is 30.6 Å². The Balaban J connectivity index is 0.00000121. The Bertz CT molecular complexity index is 634. The molecule has 0 spiro atoms. The standard InChI is InChI=1S/C17H19FN2.2ClH/c1-20-9-8-12-4-2-3-5-15(12)17(20)10-13-6-7-14(18)11-16(13)19;;/h2-7,11,17H,8-10,19H2,1H3;2*1H. The molecule has 2 atom stereocenters. The van der Waals surface area contributed by atoms with Crippen LogP contribution in [0.4, 0.5) is 10.1 Å². The van der Waals surface area contributed by atoms with Crippen LogP contribution in [0.1, 0.15) is 22.7 Å². The van der Waals surface area contributed by atoms with Crippen LogP contribution >= 0.6 is 0 Å². The van der Waals surface area contributed by atoms with Gasteiger partial charge in [-0.2, -0.15) is 0 Å². The van der Waals surface area contributed by atoms with Crippen molar-refractivity contribution >= 4 is 5.69 Å². The third-order valence-corrected chi connectivity index (χ3v) is 4.41. The van der Waals surface area contributed by atoms with Crippen LogP contribution < -0.4 is 35.4 Å². The van der Waals surface area contributed by atoms with E-state index in [9.17, 15) is 4.39 Å². The number of hydrogen-bond donors (Lipinski definition) is 2. The highest BCUT2D eigenvalue weighted by atomic mass is 35.5. The summed E-state index contributed by atoms with van der Waals surface area (Å²) >= 11 is 0. The zero-order valence-corrected chi connectivity index (χ0v) is 14.1. The van der Waals surface area contributed by atoms with Crippen molar-refractivity contribution in [3.8, 4) is 0 Å². The van der Waals surface area contributed by atoms with Crippen LogP contribution in [0.3, 0.4) is 0 Å². The molecule has 4 N–H and O–H groups in total. The molecule has 1 aliphatic heterocycles. The predicted octanol–water partition coefficient (Wildman–Crippen LogP) is -4.94. The Kier molecular flexibility index (Phi) is 6.82. The number of halogens is 3. The van der Waals surface area contributed by atoms with Gasteiger partial charge in [0.1, 0.15) is 17.5 Å². The van der Waals surface area contributed by atoms with Gasteiger partial charge in [-0.25, -0.2) is 4.39 Å². The minimum atomic E-state index is -0.205. The van der Waals surface area contributed by atoms with Crippen molar-refractivity contribution in [2.75, 3.05) is 13.6 Å². The Labute approximate surface area is 143 Å². The lowest BCUT2D eigenvalue weighted by atomic mass is 9.89. The molecule has 0 aromatic heterocycles. The SMILES string of the molecule is C[NH+]1CCc2ccccc2C1Cc1ccc(F)cc1[NH3+].[Cl-].[Cl-]. The average molecular weight is 343 g/mol. The fourth-order valence-corrected chi connectivity index (χ4v) is 3.17. The molecule has 120 valence electrons. The summed E-state index contributed by atoms with van der Waals surface area (Å²) in [7, 11) is 2.24. The molecule has 0 radical (unpaired) electrons. The Hall–Kier alpha value is -1.13. The van der Waals surface area contributed by atoms with Crippen LogP contribution in [0.5, 0.6) is 0 Å². The van der Waals surface area contributed by atoms with Crippen molar-refractivity contribution in [2.45, 2.75) is 18.9 Å². The van der Waals surface area contributed by atoms with E-state index in [1.807, 2.05) is 6.07 Å². The smallest absolute Gasteiger partial charge is 0.134 e. The molecule has 2 aromatic carbocycles.